The van der Waals surface area contributed by atoms with E-state index >= 15 is 0 Å². The van der Waals surface area contributed by atoms with Gasteiger partial charge in [-0.1, -0.05) is 15.9 Å². The first kappa shape index (κ1) is 9.73. The van der Waals surface area contributed by atoms with E-state index in [1.807, 2.05) is 12.1 Å². The van der Waals surface area contributed by atoms with E-state index in [1.54, 1.807) is 11.3 Å². The van der Waals surface area contributed by atoms with Crippen LogP contribution in [-0.2, 0) is 5.33 Å². The lowest BCUT2D eigenvalue weighted by atomic mass is 10.2. The van der Waals surface area contributed by atoms with Gasteiger partial charge in [0, 0.05) is 15.6 Å². The summed E-state index contributed by atoms with van der Waals surface area (Å²) in [5.41, 5.74) is 0.946. The number of benzene rings is 1. The molecule has 0 amide bonds. The van der Waals surface area contributed by atoms with E-state index in [4.69, 9.17) is 0 Å². The molecule has 0 unspecified atom stereocenters. The van der Waals surface area contributed by atoms with Gasteiger partial charge in [-0.3, -0.25) is 0 Å². The van der Waals surface area contributed by atoms with E-state index in [2.05, 4.69) is 44.6 Å². The van der Waals surface area contributed by atoms with Gasteiger partial charge in [-0.2, -0.15) is 0 Å². The van der Waals surface area contributed by atoms with Gasteiger partial charge in [-0.15, -0.1) is 11.3 Å². The average Bonchev–Trinajstić information content (AvgIpc) is 2.42. The molecule has 1 N–H and O–H groups in total. The zero-order valence-electron chi connectivity index (χ0n) is 6.55. The molecule has 0 spiro atoms. The van der Waals surface area contributed by atoms with E-state index in [-0.39, 0.29) is 0 Å². The van der Waals surface area contributed by atoms with Gasteiger partial charge in [0.05, 0.1) is 2.88 Å². The molecule has 1 aromatic carbocycles. The summed E-state index contributed by atoms with van der Waals surface area (Å²) >= 11 is 7.33. The summed E-state index contributed by atoms with van der Waals surface area (Å²) in [6, 6.07) is 5.99. The molecular weight excluding hydrogens is 363 g/mol. The molecule has 0 fully saturated rings. The number of thiophene rings is 1. The minimum atomic E-state index is 0.377. The number of phenolic OH excluding ortho intramolecular Hbond substituents is 1. The van der Waals surface area contributed by atoms with Crippen LogP contribution < -0.4 is 0 Å². The van der Waals surface area contributed by atoms with E-state index in [0.717, 1.165) is 10.3 Å². The zero-order valence-corrected chi connectivity index (χ0v) is 11.1. The highest BCUT2D eigenvalue weighted by Crippen LogP contribution is 2.32. The lowest BCUT2D eigenvalue weighted by Crippen LogP contribution is -1.77. The monoisotopic (exact) mass is 368 g/mol. The van der Waals surface area contributed by atoms with E-state index in [0.29, 0.717) is 11.1 Å². The Morgan fingerprint density at radius 1 is 1.38 bits per heavy atom. The molecular formula is C9H6BrIOS. The molecule has 1 nitrogen and oxygen atoms in total. The maximum atomic E-state index is 9.59. The first-order chi connectivity index (χ1) is 6.20. The largest absolute Gasteiger partial charge is 0.508 e. The van der Waals surface area contributed by atoms with Crippen molar-refractivity contribution in [2.45, 2.75) is 5.33 Å². The van der Waals surface area contributed by atoms with Crippen LogP contribution >= 0.6 is 49.9 Å². The number of aromatic hydroxyl groups is 1. The van der Waals surface area contributed by atoms with Crippen molar-refractivity contribution in [3.05, 3.63) is 26.6 Å². The minimum absolute atomic E-state index is 0.377. The molecule has 0 bridgehead atoms. The van der Waals surface area contributed by atoms with E-state index in [9.17, 15) is 5.11 Å². The Morgan fingerprint density at radius 2 is 2.15 bits per heavy atom. The number of rotatable bonds is 1. The standard InChI is InChI=1S/C9H6BrIOS/c10-4-6-1-5-2-9(11)13-8(5)3-7(6)12/h1-3,12H,4H2. The lowest BCUT2D eigenvalue weighted by molar-refractivity contribution is 0.472. The van der Waals surface area contributed by atoms with Crippen LogP contribution in [0.3, 0.4) is 0 Å². The van der Waals surface area contributed by atoms with Gasteiger partial charge in [0.2, 0.25) is 0 Å². The Hall–Kier alpha value is 0.190. The molecule has 0 saturated heterocycles. The fourth-order valence-electron chi connectivity index (χ4n) is 1.20. The molecule has 0 saturated carbocycles. The van der Waals surface area contributed by atoms with Gasteiger partial charge in [0.25, 0.3) is 0 Å². The molecule has 2 aromatic rings. The smallest absolute Gasteiger partial charge is 0.121 e. The number of fused-ring (bicyclic) bond motifs is 1. The summed E-state index contributed by atoms with van der Waals surface area (Å²) in [7, 11) is 0. The van der Waals surface area contributed by atoms with E-state index in [1.165, 1.54) is 8.27 Å². The van der Waals surface area contributed by atoms with Crippen LogP contribution in [0, 0.1) is 2.88 Å². The summed E-state index contributed by atoms with van der Waals surface area (Å²) in [6.45, 7) is 0. The second-order valence-corrected chi connectivity index (χ2v) is 6.24. The topological polar surface area (TPSA) is 20.2 Å². The van der Waals surface area contributed by atoms with Crippen molar-refractivity contribution in [2.24, 2.45) is 0 Å². The average molecular weight is 369 g/mol. The molecule has 2 rings (SSSR count). The Balaban J connectivity index is 2.72. The van der Waals surface area contributed by atoms with Crippen molar-refractivity contribution in [2.75, 3.05) is 0 Å². The fraction of sp³-hybridized carbons (Fsp3) is 0.111. The summed E-state index contributed by atoms with van der Waals surface area (Å²) < 4.78 is 2.39. The van der Waals surface area contributed by atoms with Crippen LogP contribution in [0.1, 0.15) is 5.56 Å². The molecule has 68 valence electrons. The third kappa shape index (κ3) is 1.85. The van der Waals surface area contributed by atoms with Gasteiger partial charge >= 0.3 is 0 Å². The number of halogens is 2. The number of hydrogen-bond donors (Lipinski definition) is 1. The van der Waals surface area contributed by atoms with Crippen molar-refractivity contribution >= 4 is 59.9 Å². The third-order valence-corrected chi connectivity index (χ3v) is 4.29. The van der Waals surface area contributed by atoms with Crippen molar-refractivity contribution in [1.82, 2.24) is 0 Å². The van der Waals surface area contributed by atoms with Crippen LogP contribution in [0.5, 0.6) is 5.75 Å². The van der Waals surface area contributed by atoms with Gasteiger partial charge in [-0.05, 0) is 46.2 Å². The molecule has 0 radical (unpaired) electrons. The summed E-state index contributed by atoms with van der Waals surface area (Å²) in [5.74, 6) is 0.377. The fourth-order valence-corrected chi connectivity index (χ4v) is 3.50. The SMILES string of the molecule is Oc1cc2sc(I)cc2cc1CBr. The van der Waals surface area contributed by atoms with Crippen LogP contribution in [-0.4, -0.2) is 5.11 Å². The third-order valence-electron chi connectivity index (χ3n) is 1.83. The highest BCUT2D eigenvalue weighted by atomic mass is 127. The predicted octanol–water partition coefficient (Wildman–Crippen LogP) is 4.11. The molecule has 4 heteroatoms. The highest BCUT2D eigenvalue weighted by molar-refractivity contribution is 14.1. The zero-order chi connectivity index (χ0) is 9.42. The molecule has 0 aliphatic heterocycles. The van der Waals surface area contributed by atoms with Gasteiger partial charge in [0.15, 0.2) is 0 Å². The Bertz CT molecular complexity index is 452. The van der Waals surface area contributed by atoms with Crippen molar-refractivity contribution in [3.63, 3.8) is 0 Å². The number of hydrogen-bond acceptors (Lipinski definition) is 2. The molecule has 13 heavy (non-hydrogen) atoms. The quantitative estimate of drug-likeness (QED) is 0.593. The Kier molecular flexibility index (Phi) is 2.80. The van der Waals surface area contributed by atoms with Crippen LogP contribution in [0.2, 0.25) is 0 Å². The van der Waals surface area contributed by atoms with Crippen LogP contribution in [0.15, 0.2) is 18.2 Å². The van der Waals surface area contributed by atoms with Crippen molar-refractivity contribution < 1.29 is 5.11 Å². The molecule has 0 atom stereocenters. The number of phenols is 1. The first-order valence-electron chi connectivity index (χ1n) is 3.67. The Labute approximate surface area is 102 Å². The maximum absolute atomic E-state index is 9.59. The molecule has 1 aromatic heterocycles. The van der Waals surface area contributed by atoms with Crippen molar-refractivity contribution in [1.29, 1.82) is 0 Å². The Morgan fingerprint density at radius 3 is 2.85 bits per heavy atom. The van der Waals surface area contributed by atoms with E-state index < -0.39 is 0 Å². The van der Waals surface area contributed by atoms with Crippen molar-refractivity contribution in [3.8, 4) is 5.75 Å². The summed E-state index contributed by atoms with van der Waals surface area (Å²) in [6.07, 6.45) is 0. The maximum Gasteiger partial charge on any atom is 0.121 e. The first-order valence-corrected chi connectivity index (χ1v) is 6.69. The minimum Gasteiger partial charge on any atom is -0.508 e. The molecule has 0 aliphatic rings. The van der Waals surface area contributed by atoms with Crippen LogP contribution in [0.4, 0.5) is 0 Å². The summed E-state index contributed by atoms with van der Waals surface area (Å²) in [5, 5.41) is 11.5. The normalized spacial score (nSPS) is 10.9. The van der Waals surface area contributed by atoms with Crippen LogP contribution in [0.25, 0.3) is 10.1 Å². The lowest BCUT2D eigenvalue weighted by Gasteiger charge is -1.99. The molecule has 0 aliphatic carbocycles. The second kappa shape index (κ2) is 3.74. The second-order valence-electron chi connectivity index (χ2n) is 2.70. The number of alkyl halides is 1. The predicted molar refractivity (Wildman–Crippen MR) is 68.8 cm³/mol. The van der Waals surface area contributed by atoms with Gasteiger partial charge in [-0.25, -0.2) is 0 Å². The molecule has 1 heterocycles. The van der Waals surface area contributed by atoms with Gasteiger partial charge < -0.3 is 5.11 Å². The van der Waals surface area contributed by atoms with Gasteiger partial charge in [0.1, 0.15) is 5.75 Å². The summed E-state index contributed by atoms with van der Waals surface area (Å²) in [4.78, 5) is 0. The highest BCUT2D eigenvalue weighted by Gasteiger charge is 2.05.